The van der Waals surface area contributed by atoms with Crippen LogP contribution in [0.5, 0.6) is 0 Å². The molecule has 0 aromatic rings. The van der Waals surface area contributed by atoms with Crippen molar-refractivity contribution in [1.29, 1.82) is 0 Å². The second-order valence-electron chi connectivity index (χ2n) is 6.71. The number of hydrogen-bond acceptors (Lipinski definition) is 2. The Morgan fingerprint density at radius 1 is 1.29 bits per heavy atom. The van der Waals surface area contributed by atoms with Crippen molar-refractivity contribution in [2.75, 3.05) is 6.61 Å². The van der Waals surface area contributed by atoms with Crippen molar-refractivity contribution in [2.24, 2.45) is 17.3 Å². The molecule has 98 valence electrons. The fourth-order valence-corrected chi connectivity index (χ4v) is 4.19. The Bertz CT molecular complexity index is 308. The SMILES string of the molecule is C=C(CO)[C@@H]1CC[C@@]2(C)CCC[C@](C)(O)[C@@H]2C1. The standard InChI is InChI=1S/C15H26O2/c1-11(10-16)12-5-8-14(2)6-4-7-15(3,17)13(14)9-12/h12-13,16-17H,1,4-10H2,2-3H3/t12-,13-,14-,15+/m1/s1. The summed E-state index contributed by atoms with van der Waals surface area (Å²) in [6.07, 6.45) is 6.60. The maximum Gasteiger partial charge on any atom is 0.0653 e. The summed E-state index contributed by atoms with van der Waals surface area (Å²) < 4.78 is 0. The van der Waals surface area contributed by atoms with E-state index in [1.807, 2.05) is 6.92 Å². The number of fused-ring (bicyclic) bond motifs is 1. The van der Waals surface area contributed by atoms with E-state index in [0.29, 0.717) is 17.3 Å². The minimum Gasteiger partial charge on any atom is -0.392 e. The van der Waals surface area contributed by atoms with Crippen LogP contribution in [0.3, 0.4) is 0 Å². The van der Waals surface area contributed by atoms with E-state index in [1.54, 1.807) is 0 Å². The van der Waals surface area contributed by atoms with E-state index in [0.717, 1.165) is 37.7 Å². The molecule has 0 saturated heterocycles. The summed E-state index contributed by atoms with van der Waals surface area (Å²) in [6, 6.07) is 0. The van der Waals surface area contributed by atoms with E-state index in [1.165, 1.54) is 6.42 Å². The first-order valence-corrected chi connectivity index (χ1v) is 6.90. The van der Waals surface area contributed by atoms with Crippen molar-refractivity contribution in [3.8, 4) is 0 Å². The van der Waals surface area contributed by atoms with Gasteiger partial charge in [0, 0.05) is 0 Å². The normalized spacial score (nSPS) is 46.4. The molecule has 0 aliphatic heterocycles. The Labute approximate surface area is 105 Å². The van der Waals surface area contributed by atoms with Crippen molar-refractivity contribution in [3.05, 3.63) is 12.2 Å². The van der Waals surface area contributed by atoms with Crippen LogP contribution in [0.15, 0.2) is 12.2 Å². The van der Waals surface area contributed by atoms with Crippen LogP contribution >= 0.6 is 0 Å². The van der Waals surface area contributed by atoms with Gasteiger partial charge in [-0.25, -0.2) is 0 Å². The number of hydrogen-bond donors (Lipinski definition) is 2. The van der Waals surface area contributed by atoms with Crippen LogP contribution in [0, 0.1) is 17.3 Å². The second-order valence-corrected chi connectivity index (χ2v) is 6.71. The lowest BCUT2D eigenvalue weighted by molar-refractivity contribution is -0.120. The van der Waals surface area contributed by atoms with Gasteiger partial charge in [0.15, 0.2) is 0 Å². The molecule has 0 amide bonds. The van der Waals surface area contributed by atoms with Crippen molar-refractivity contribution in [2.45, 2.75) is 58.0 Å². The molecule has 2 aliphatic carbocycles. The predicted octanol–water partition coefficient (Wildman–Crippen LogP) is 2.89. The minimum atomic E-state index is -0.526. The first-order chi connectivity index (χ1) is 7.89. The zero-order valence-electron chi connectivity index (χ0n) is 11.2. The van der Waals surface area contributed by atoms with E-state index in [4.69, 9.17) is 0 Å². The summed E-state index contributed by atoms with van der Waals surface area (Å²) >= 11 is 0. The van der Waals surface area contributed by atoms with Crippen molar-refractivity contribution >= 4 is 0 Å². The zero-order valence-corrected chi connectivity index (χ0v) is 11.2. The molecule has 4 atom stereocenters. The molecule has 0 spiro atoms. The van der Waals surface area contributed by atoms with Gasteiger partial charge in [-0.2, -0.15) is 0 Å². The molecule has 2 rings (SSSR count). The largest absolute Gasteiger partial charge is 0.392 e. The van der Waals surface area contributed by atoms with E-state index in [9.17, 15) is 10.2 Å². The molecule has 0 heterocycles. The van der Waals surface area contributed by atoms with Crippen LogP contribution in [0.25, 0.3) is 0 Å². The summed E-state index contributed by atoms with van der Waals surface area (Å²) in [5, 5.41) is 19.8. The lowest BCUT2D eigenvalue weighted by Gasteiger charge is -2.54. The van der Waals surface area contributed by atoms with Crippen molar-refractivity contribution in [3.63, 3.8) is 0 Å². The Hall–Kier alpha value is -0.340. The van der Waals surface area contributed by atoms with Gasteiger partial charge < -0.3 is 10.2 Å². The summed E-state index contributed by atoms with van der Waals surface area (Å²) in [7, 11) is 0. The summed E-state index contributed by atoms with van der Waals surface area (Å²) in [6.45, 7) is 8.40. The van der Waals surface area contributed by atoms with Gasteiger partial charge >= 0.3 is 0 Å². The molecule has 2 heteroatoms. The third-order valence-corrected chi connectivity index (χ3v) is 5.39. The summed E-state index contributed by atoms with van der Waals surface area (Å²) in [4.78, 5) is 0. The van der Waals surface area contributed by atoms with Gasteiger partial charge in [-0.05, 0) is 61.9 Å². The van der Waals surface area contributed by atoms with Crippen LogP contribution in [0.1, 0.15) is 52.4 Å². The van der Waals surface area contributed by atoms with Gasteiger partial charge in [0.1, 0.15) is 0 Å². The monoisotopic (exact) mass is 238 g/mol. The molecule has 2 N–H and O–H groups in total. The molecular formula is C15H26O2. The Balaban J connectivity index is 2.17. The average molecular weight is 238 g/mol. The fraction of sp³-hybridized carbons (Fsp3) is 0.867. The molecule has 0 aromatic carbocycles. The molecule has 2 aliphatic rings. The van der Waals surface area contributed by atoms with Gasteiger partial charge in [-0.1, -0.05) is 19.9 Å². The van der Waals surface area contributed by atoms with Crippen LogP contribution in [-0.2, 0) is 0 Å². The van der Waals surface area contributed by atoms with E-state index in [-0.39, 0.29) is 6.61 Å². The number of aliphatic hydroxyl groups excluding tert-OH is 1. The molecule has 0 unspecified atom stereocenters. The number of aliphatic hydroxyl groups is 2. The smallest absolute Gasteiger partial charge is 0.0653 e. The first-order valence-electron chi connectivity index (χ1n) is 6.90. The van der Waals surface area contributed by atoms with Crippen molar-refractivity contribution < 1.29 is 10.2 Å². The molecule has 17 heavy (non-hydrogen) atoms. The highest BCUT2D eigenvalue weighted by Gasteiger charge is 2.50. The van der Waals surface area contributed by atoms with Gasteiger partial charge in [0.25, 0.3) is 0 Å². The molecule has 0 radical (unpaired) electrons. The highest BCUT2D eigenvalue weighted by atomic mass is 16.3. The van der Waals surface area contributed by atoms with Crippen LogP contribution in [0.2, 0.25) is 0 Å². The van der Waals surface area contributed by atoms with Gasteiger partial charge in [0.05, 0.1) is 12.2 Å². The zero-order chi connectivity index (χ0) is 12.7. The highest BCUT2D eigenvalue weighted by Crippen LogP contribution is 2.56. The molecular weight excluding hydrogens is 212 g/mol. The summed E-state index contributed by atoms with van der Waals surface area (Å²) in [5.41, 5.74) is 0.725. The molecule has 2 saturated carbocycles. The lowest BCUT2D eigenvalue weighted by Crippen LogP contribution is -2.51. The Kier molecular flexibility index (Phi) is 3.39. The summed E-state index contributed by atoms with van der Waals surface area (Å²) in [5.74, 6) is 0.772. The molecule has 2 fully saturated rings. The maximum atomic E-state index is 10.6. The molecule has 0 aromatic heterocycles. The Morgan fingerprint density at radius 3 is 2.65 bits per heavy atom. The van der Waals surface area contributed by atoms with Crippen molar-refractivity contribution in [1.82, 2.24) is 0 Å². The molecule has 2 nitrogen and oxygen atoms in total. The molecule has 0 bridgehead atoms. The fourth-order valence-electron chi connectivity index (χ4n) is 4.19. The quantitative estimate of drug-likeness (QED) is 0.726. The topological polar surface area (TPSA) is 40.5 Å². The van der Waals surface area contributed by atoms with Crippen LogP contribution in [0.4, 0.5) is 0 Å². The van der Waals surface area contributed by atoms with E-state index in [2.05, 4.69) is 13.5 Å². The minimum absolute atomic E-state index is 0.0935. The second kappa shape index (κ2) is 4.40. The van der Waals surface area contributed by atoms with Gasteiger partial charge in [0.2, 0.25) is 0 Å². The van der Waals surface area contributed by atoms with E-state index < -0.39 is 5.60 Å². The van der Waals surface area contributed by atoms with Crippen LogP contribution in [-0.4, -0.2) is 22.4 Å². The van der Waals surface area contributed by atoms with Crippen LogP contribution < -0.4 is 0 Å². The first kappa shape index (κ1) is 13.1. The number of rotatable bonds is 2. The lowest BCUT2D eigenvalue weighted by atomic mass is 9.53. The van der Waals surface area contributed by atoms with Gasteiger partial charge in [-0.3, -0.25) is 0 Å². The third-order valence-electron chi connectivity index (χ3n) is 5.39. The third kappa shape index (κ3) is 2.30. The maximum absolute atomic E-state index is 10.6. The van der Waals surface area contributed by atoms with E-state index >= 15 is 0 Å². The predicted molar refractivity (Wildman–Crippen MR) is 69.6 cm³/mol. The van der Waals surface area contributed by atoms with Gasteiger partial charge in [-0.15, -0.1) is 0 Å². The Morgan fingerprint density at radius 2 is 2.00 bits per heavy atom. The average Bonchev–Trinajstić information content (AvgIpc) is 2.27. The highest BCUT2D eigenvalue weighted by molar-refractivity contribution is 5.09.